The smallest absolute Gasteiger partial charge is 0.336 e. The molecule has 0 aliphatic carbocycles. The fraction of sp³-hybridized carbons (Fsp3) is 0.154. The molecule has 0 amide bonds. The van der Waals surface area contributed by atoms with Crippen molar-refractivity contribution in [3.63, 3.8) is 0 Å². The highest BCUT2D eigenvalue weighted by Gasteiger charge is 2.20. The van der Waals surface area contributed by atoms with E-state index in [0.29, 0.717) is 11.3 Å². The highest BCUT2D eigenvalue weighted by molar-refractivity contribution is 7.22. The van der Waals surface area contributed by atoms with Gasteiger partial charge in [0, 0.05) is 56.1 Å². The molecule has 35 heavy (non-hydrogen) atoms. The lowest BCUT2D eigenvalue weighted by Gasteiger charge is -2.35. The van der Waals surface area contributed by atoms with Gasteiger partial charge in [0.2, 0.25) is 0 Å². The molecule has 5 rings (SSSR count). The molecule has 1 aromatic heterocycles. The molecule has 0 unspecified atom stereocenters. The molecule has 4 aromatic rings. The highest BCUT2D eigenvalue weighted by Crippen LogP contribution is 2.32. The Morgan fingerprint density at radius 2 is 1.74 bits per heavy atom. The average Bonchev–Trinajstić information content (AvgIpc) is 3.32. The summed E-state index contributed by atoms with van der Waals surface area (Å²) in [5.41, 5.74) is 2.62. The monoisotopic (exact) mass is 486 g/mol. The van der Waals surface area contributed by atoms with Crippen molar-refractivity contribution >= 4 is 50.1 Å². The van der Waals surface area contributed by atoms with Crippen LogP contribution in [-0.4, -0.2) is 42.1 Å². The van der Waals surface area contributed by atoms with Crippen LogP contribution in [0, 0.1) is 10.1 Å². The lowest BCUT2D eigenvalue weighted by Crippen LogP contribution is -2.46. The summed E-state index contributed by atoms with van der Waals surface area (Å²) in [5.74, 6) is -0.132. The zero-order valence-electron chi connectivity index (χ0n) is 18.7. The molecule has 0 N–H and O–H groups in total. The Morgan fingerprint density at radius 3 is 2.51 bits per heavy atom. The van der Waals surface area contributed by atoms with E-state index in [1.807, 2.05) is 18.2 Å². The number of rotatable bonds is 6. The molecular weight excluding hydrogens is 464 g/mol. The predicted molar refractivity (Wildman–Crippen MR) is 138 cm³/mol. The molecule has 1 saturated heterocycles. The van der Waals surface area contributed by atoms with E-state index in [9.17, 15) is 14.9 Å². The first-order valence-corrected chi connectivity index (χ1v) is 12.0. The number of nitro benzene ring substituents is 1. The van der Waals surface area contributed by atoms with Crippen LogP contribution in [-0.2, 0) is 4.79 Å². The van der Waals surface area contributed by atoms with Gasteiger partial charge in [0.15, 0.2) is 5.13 Å². The SMILES string of the molecule is O=C(/C=C/c1cccc([N+](=O)[O-])c1)Oc1ccc2nc(N3CCN(c4ccccc4)CC3)sc2c1. The van der Waals surface area contributed by atoms with Crippen molar-refractivity contribution in [2.45, 2.75) is 0 Å². The molecule has 8 nitrogen and oxygen atoms in total. The molecule has 0 saturated carbocycles. The number of non-ortho nitro benzene ring substituents is 1. The summed E-state index contributed by atoms with van der Waals surface area (Å²) in [7, 11) is 0. The van der Waals surface area contributed by atoms with E-state index >= 15 is 0 Å². The number of nitro groups is 1. The zero-order chi connectivity index (χ0) is 24.2. The Labute approximate surface area is 205 Å². The molecule has 176 valence electrons. The van der Waals surface area contributed by atoms with Gasteiger partial charge in [-0.15, -0.1) is 0 Å². The Bertz CT molecular complexity index is 1400. The number of nitrogens with zero attached hydrogens (tertiary/aromatic N) is 4. The molecule has 9 heteroatoms. The van der Waals surface area contributed by atoms with Crippen molar-refractivity contribution in [1.82, 2.24) is 4.98 Å². The normalized spacial score (nSPS) is 13.9. The fourth-order valence-corrected chi connectivity index (χ4v) is 4.99. The van der Waals surface area contributed by atoms with Crippen molar-refractivity contribution in [1.29, 1.82) is 0 Å². The number of benzene rings is 3. The van der Waals surface area contributed by atoms with Gasteiger partial charge >= 0.3 is 5.97 Å². The number of aromatic nitrogens is 1. The number of hydrogen-bond acceptors (Lipinski definition) is 8. The first-order chi connectivity index (χ1) is 17.0. The van der Waals surface area contributed by atoms with Crippen LogP contribution in [0.3, 0.4) is 0 Å². The number of esters is 1. The first-order valence-electron chi connectivity index (χ1n) is 11.1. The van der Waals surface area contributed by atoms with Gasteiger partial charge in [-0.05, 0) is 35.9 Å². The molecule has 1 aliphatic heterocycles. The Balaban J connectivity index is 1.22. The van der Waals surface area contributed by atoms with Crippen molar-refractivity contribution in [2.75, 3.05) is 36.0 Å². The van der Waals surface area contributed by atoms with Crippen LogP contribution in [0.25, 0.3) is 16.3 Å². The summed E-state index contributed by atoms with van der Waals surface area (Å²) < 4.78 is 6.38. The van der Waals surface area contributed by atoms with Crippen molar-refractivity contribution in [3.8, 4) is 5.75 Å². The van der Waals surface area contributed by atoms with Crippen molar-refractivity contribution < 1.29 is 14.5 Å². The van der Waals surface area contributed by atoms with E-state index in [2.05, 4.69) is 34.1 Å². The summed E-state index contributed by atoms with van der Waals surface area (Å²) in [5, 5.41) is 11.9. The maximum Gasteiger partial charge on any atom is 0.336 e. The molecule has 0 spiro atoms. The summed E-state index contributed by atoms with van der Waals surface area (Å²) in [6, 6.07) is 21.8. The fourth-order valence-electron chi connectivity index (χ4n) is 3.94. The Hall–Kier alpha value is -4.24. The average molecular weight is 487 g/mol. The molecule has 1 fully saturated rings. The first kappa shape index (κ1) is 22.5. The van der Waals surface area contributed by atoms with Crippen LogP contribution in [0.2, 0.25) is 0 Å². The molecule has 0 bridgehead atoms. The quantitative estimate of drug-likeness (QED) is 0.122. The van der Waals surface area contributed by atoms with Crippen LogP contribution in [0.15, 0.2) is 78.9 Å². The Kier molecular flexibility index (Phi) is 6.40. The number of fused-ring (bicyclic) bond motifs is 1. The minimum atomic E-state index is -0.558. The van der Waals surface area contributed by atoms with Crippen LogP contribution in [0.4, 0.5) is 16.5 Å². The second-order valence-corrected chi connectivity index (χ2v) is 9.05. The standard InChI is InChI=1S/C26H22N4O4S/c31-25(12-9-19-5-4-8-21(17-19)30(32)33)34-22-10-11-23-24(18-22)35-26(27-23)29-15-13-28(14-16-29)20-6-2-1-3-7-20/h1-12,17-18H,13-16H2/b12-9+. The third-order valence-electron chi connectivity index (χ3n) is 5.73. The third-order valence-corrected chi connectivity index (χ3v) is 6.81. The molecule has 3 aromatic carbocycles. The van der Waals surface area contributed by atoms with Gasteiger partial charge in [0.05, 0.1) is 15.1 Å². The second kappa shape index (κ2) is 9.94. The second-order valence-electron chi connectivity index (χ2n) is 8.04. The molecule has 0 atom stereocenters. The lowest BCUT2D eigenvalue weighted by atomic mass is 10.2. The highest BCUT2D eigenvalue weighted by atomic mass is 32.1. The molecule has 1 aliphatic rings. The summed E-state index contributed by atoms with van der Waals surface area (Å²) >= 11 is 1.58. The minimum Gasteiger partial charge on any atom is -0.423 e. The number of carbonyl (C=O) groups excluding carboxylic acids is 1. The summed E-state index contributed by atoms with van der Waals surface area (Å²) in [4.78, 5) is 32.1. The third kappa shape index (κ3) is 5.30. The van der Waals surface area contributed by atoms with E-state index in [0.717, 1.165) is 41.5 Å². The van der Waals surface area contributed by atoms with Crippen LogP contribution < -0.4 is 14.5 Å². The maximum absolute atomic E-state index is 12.3. The Morgan fingerprint density at radius 1 is 0.971 bits per heavy atom. The van der Waals surface area contributed by atoms with Crippen LogP contribution in [0.1, 0.15) is 5.56 Å². The molecule has 0 radical (unpaired) electrons. The van der Waals surface area contributed by atoms with Crippen molar-refractivity contribution in [3.05, 3.63) is 94.6 Å². The van der Waals surface area contributed by atoms with Gasteiger partial charge in [0.25, 0.3) is 5.69 Å². The maximum atomic E-state index is 12.3. The zero-order valence-corrected chi connectivity index (χ0v) is 19.6. The number of carbonyl (C=O) groups is 1. The van der Waals surface area contributed by atoms with Crippen LogP contribution in [0.5, 0.6) is 5.75 Å². The topological polar surface area (TPSA) is 88.8 Å². The van der Waals surface area contributed by atoms with Gasteiger partial charge in [0.1, 0.15) is 5.75 Å². The van der Waals surface area contributed by atoms with E-state index in [1.54, 1.807) is 29.5 Å². The number of piperazine rings is 1. The van der Waals surface area contributed by atoms with Crippen molar-refractivity contribution in [2.24, 2.45) is 0 Å². The van der Waals surface area contributed by atoms with Gasteiger partial charge in [-0.3, -0.25) is 10.1 Å². The van der Waals surface area contributed by atoms with Gasteiger partial charge < -0.3 is 14.5 Å². The number of ether oxygens (including phenoxy) is 1. The summed E-state index contributed by atoms with van der Waals surface area (Å²) in [6.45, 7) is 3.64. The molecule has 2 heterocycles. The molecular formula is C26H22N4O4S. The summed E-state index contributed by atoms with van der Waals surface area (Å²) in [6.07, 6.45) is 2.75. The lowest BCUT2D eigenvalue weighted by molar-refractivity contribution is -0.384. The van der Waals surface area contributed by atoms with E-state index in [1.165, 1.54) is 30.0 Å². The predicted octanol–water partition coefficient (Wildman–Crippen LogP) is 5.15. The van der Waals surface area contributed by atoms with Gasteiger partial charge in [-0.25, -0.2) is 9.78 Å². The number of hydrogen-bond donors (Lipinski definition) is 0. The van der Waals surface area contributed by atoms with Gasteiger partial charge in [-0.1, -0.05) is 41.7 Å². The van der Waals surface area contributed by atoms with E-state index in [4.69, 9.17) is 9.72 Å². The van der Waals surface area contributed by atoms with E-state index < -0.39 is 10.9 Å². The minimum absolute atomic E-state index is 0.0338. The largest absolute Gasteiger partial charge is 0.423 e. The van der Waals surface area contributed by atoms with Gasteiger partial charge in [-0.2, -0.15) is 0 Å². The number of para-hydroxylation sites is 1. The number of anilines is 2. The number of thiazole rings is 1. The van der Waals surface area contributed by atoms with E-state index in [-0.39, 0.29) is 5.69 Å². The van der Waals surface area contributed by atoms with Crippen LogP contribution >= 0.6 is 11.3 Å².